The summed E-state index contributed by atoms with van der Waals surface area (Å²) in [6, 6.07) is 6.38. The van der Waals surface area contributed by atoms with Crippen LogP contribution in [-0.2, 0) is 25.5 Å². The van der Waals surface area contributed by atoms with Gasteiger partial charge in [0.25, 0.3) is 0 Å². The predicted molar refractivity (Wildman–Crippen MR) is 122 cm³/mol. The van der Waals surface area contributed by atoms with E-state index in [0.29, 0.717) is 36.8 Å². The fourth-order valence-corrected chi connectivity index (χ4v) is 4.97. The molecule has 1 aromatic rings. The molecule has 1 unspecified atom stereocenters. The molecule has 176 valence electrons. The van der Waals surface area contributed by atoms with Crippen molar-refractivity contribution >= 4 is 17.8 Å². The van der Waals surface area contributed by atoms with E-state index in [0.717, 1.165) is 18.4 Å². The predicted octanol–water partition coefficient (Wildman–Crippen LogP) is 4.73. The normalized spacial score (nSPS) is 17.8. The van der Waals surface area contributed by atoms with E-state index in [1.54, 1.807) is 12.1 Å². The molecule has 1 amide bonds. The van der Waals surface area contributed by atoms with Gasteiger partial charge in [-0.15, -0.1) is 0 Å². The van der Waals surface area contributed by atoms with Crippen LogP contribution in [0.5, 0.6) is 5.75 Å². The number of amides is 1. The Morgan fingerprint density at radius 1 is 0.906 bits per heavy atom. The number of carbonyl (C=O) groups excluding carboxylic acids is 3. The van der Waals surface area contributed by atoms with E-state index in [1.165, 1.54) is 58.5 Å². The zero-order chi connectivity index (χ0) is 22.8. The fraction of sp³-hybridized carbons (Fsp3) is 0.654. The minimum atomic E-state index is -0.726. The first-order valence-corrected chi connectivity index (χ1v) is 12.2. The Morgan fingerprint density at radius 3 is 2.03 bits per heavy atom. The molecule has 1 N–H and O–H groups in total. The van der Waals surface area contributed by atoms with Gasteiger partial charge in [0, 0.05) is 19.3 Å². The lowest BCUT2D eigenvalue weighted by atomic mass is 10.0. The largest absolute Gasteiger partial charge is 0.467 e. The molecule has 0 radical (unpaired) electrons. The van der Waals surface area contributed by atoms with Crippen LogP contribution in [-0.4, -0.2) is 31.0 Å². The lowest BCUT2D eigenvalue weighted by molar-refractivity contribution is -0.145. The van der Waals surface area contributed by atoms with Crippen molar-refractivity contribution < 1.29 is 23.9 Å². The minimum Gasteiger partial charge on any atom is -0.467 e. The van der Waals surface area contributed by atoms with Crippen LogP contribution in [0.1, 0.15) is 82.6 Å². The van der Waals surface area contributed by atoms with Gasteiger partial charge in [0.1, 0.15) is 11.8 Å². The number of rotatable bonds is 11. The summed E-state index contributed by atoms with van der Waals surface area (Å²) in [5.41, 5.74) is 0.863. The number of nitrogens with one attached hydrogen (secondary N) is 1. The Balaban J connectivity index is 1.45. The van der Waals surface area contributed by atoms with E-state index in [-0.39, 0.29) is 11.9 Å². The molecule has 0 bridgehead atoms. The van der Waals surface area contributed by atoms with Crippen molar-refractivity contribution in [1.82, 2.24) is 5.32 Å². The second kappa shape index (κ2) is 12.6. The lowest BCUT2D eigenvalue weighted by Gasteiger charge is -2.17. The number of methoxy groups -OCH3 is 1. The van der Waals surface area contributed by atoms with Crippen LogP contribution in [0.15, 0.2) is 24.3 Å². The molecule has 2 saturated carbocycles. The Bertz CT molecular complexity index is 748. The molecule has 0 aromatic heterocycles. The summed E-state index contributed by atoms with van der Waals surface area (Å²) in [5.74, 6) is 1.02. The number of carbonyl (C=O) groups is 3. The molecular weight excluding hydrogens is 406 g/mol. The number of hydrogen-bond donors (Lipinski definition) is 1. The Labute approximate surface area is 191 Å². The second-order valence-corrected chi connectivity index (χ2v) is 9.34. The molecule has 32 heavy (non-hydrogen) atoms. The van der Waals surface area contributed by atoms with Gasteiger partial charge in [-0.2, -0.15) is 0 Å². The van der Waals surface area contributed by atoms with Crippen LogP contribution in [0.4, 0.5) is 0 Å². The van der Waals surface area contributed by atoms with Crippen LogP contribution in [0.25, 0.3) is 0 Å². The molecule has 2 aliphatic rings. The van der Waals surface area contributed by atoms with E-state index in [9.17, 15) is 14.4 Å². The first-order chi connectivity index (χ1) is 15.5. The van der Waals surface area contributed by atoms with Crippen LogP contribution in [0.2, 0.25) is 0 Å². The third kappa shape index (κ3) is 7.95. The van der Waals surface area contributed by atoms with Crippen LogP contribution < -0.4 is 10.1 Å². The van der Waals surface area contributed by atoms with Crippen molar-refractivity contribution in [2.45, 2.75) is 89.5 Å². The highest BCUT2D eigenvalue weighted by Crippen LogP contribution is 2.29. The van der Waals surface area contributed by atoms with Gasteiger partial charge in [0.2, 0.25) is 5.91 Å². The summed E-state index contributed by atoms with van der Waals surface area (Å²) >= 11 is 0. The van der Waals surface area contributed by atoms with Gasteiger partial charge < -0.3 is 14.8 Å². The van der Waals surface area contributed by atoms with Crippen molar-refractivity contribution in [1.29, 1.82) is 0 Å². The highest BCUT2D eigenvalue weighted by Gasteiger charge is 2.23. The van der Waals surface area contributed by atoms with Crippen molar-refractivity contribution in [3.05, 3.63) is 29.8 Å². The van der Waals surface area contributed by atoms with Gasteiger partial charge in [-0.25, -0.2) is 4.79 Å². The summed E-state index contributed by atoms with van der Waals surface area (Å²) in [4.78, 5) is 36.7. The highest BCUT2D eigenvalue weighted by molar-refractivity contribution is 5.84. The molecular formula is C26H37NO5. The Kier molecular flexibility index (Phi) is 9.57. The number of benzene rings is 1. The minimum absolute atomic E-state index is 0.111. The number of ether oxygens (including phenoxy) is 2. The highest BCUT2D eigenvalue weighted by atomic mass is 16.5. The third-order valence-corrected chi connectivity index (χ3v) is 6.90. The van der Waals surface area contributed by atoms with E-state index in [1.807, 2.05) is 12.1 Å². The van der Waals surface area contributed by atoms with E-state index < -0.39 is 12.0 Å². The molecule has 2 fully saturated rings. The molecule has 2 aliphatic carbocycles. The average molecular weight is 444 g/mol. The van der Waals surface area contributed by atoms with Crippen molar-refractivity contribution in [3.8, 4) is 5.75 Å². The zero-order valence-electron chi connectivity index (χ0n) is 19.3. The zero-order valence-corrected chi connectivity index (χ0v) is 19.3. The average Bonchev–Trinajstić information content (AvgIpc) is 3.51. The van der Waals surface area contributed by atoms with E-state index >= 15 is 0 Å². The molecule has 6 heteroatoms. The standard InChI is InChI=1S/C26H37NO5/c1-31-26(30)23(27-24(28)16-12-19-6-2-3-7-19)18-21-10-14-22(15-11-21)32-25(29)17-13-20-8-4-5-9-20/h10-11,14-15,19-20,23H,2-9,12-13,16-18H2,1H3,(H,27,28). The fourth-order valence-electron chi connectivity index (χ4n) is 4.97. The SMILES string of the molecule is COC(=O)C(Cc1ccc(OC(=O)CCC2CCCC2)cc1)NC(=O)CCC1CCCC1. The maximum absolute atomic E-state index is 12.4. The van der Waals surface area contributed by atoms with E-state index in [4.69, 9.17) is 9.47 Å². The monoisotopic (exact) mass is 443 g/mol. The van der Waals surface area contributed by atoms with Gasteiger partial charge in [-0.05, 0) is 42.4 Å². The Morgan fingerprint density at radius 2 is 1.47 bits per heavy atom. The van der Waals surface area contributed by atoms with Gasteiger partial charge in [0.15, 0.2) is 0 Å². The molecule has 1 aromatic carbocycles. The smallest absolute Gasteiger partial charge is 0.328 e. The number of hydrogen-bond acceptors (Lipinski definition) is 5. The second-order valence-electron chi connectivity index (χ2n) is 9.34. The molecule has 0 heterocycles. The lowest BCUT2D eigenvalue weighted by Crippen LogP contribution is -2.43. The number of esters is 2. The maximum Gasteiger partial charge on any atom is 0.328 e. The molecule has 0 saturated heterocycles. The molecule has 6 nitrogen and oxygen atoms in total. The first kappa shape index (κ1) is 24.3. The summed E-state index contributed by atoms with van der Waals surface area (Å²) in [5, 5.41) is 2.83. The van der Waals surface area contributed by atoms with Crippen LogP contribution >= 0.6 is 0 Å². The van der Waals surface area contributed by atoms with Gasteiger partial charge in [-0.3, -0.25) is 9.59 Å². The van der Waals surface area contributed by atoms with Crippen LogP contribution in [0, 0.1) is 11.8 Å². The van der Waals surface area contributed by atoms with Gasteiger partial charge >= 0.3 is 11.9 Å². The van der Waals surface area contributed by atoms with Crippen molar-refractivity contribution in [3.63, 3.8) is 0 Å². The summed E-state index contributed by atoms with van der Waals surface area (Å²) in [6.07, 6.45) is 12.9. The Hall–Kier alpha value is -2.37. The molecule has 0 spiro atoms. The van der Waals surface area contributed by atoms with Crippen LogP contribution in [0.3, 0.4) is 0 Å². The van der Waals surface area contributed by atoms with Gasteiger partial charge in [-0.1, -0.05) is 63.5 Å². The topological polar surface area (TPSA) is 81.7 Å². The van der Waals surface area contributed by atoms with Crippen molar-refractivity contribution in [2.24, 2.45) is 11.8 Å². The van der Waals surface area contributed by atoms with Crippen molar-refractivity contribution in [2.75, 3.05) is 7.11 Å². The maximum atomic E-state index is 12.4. The first-order valence-electron chi connectivity index (χ1n) is 12.2. The quantitative estimate of drug-likeness (QED) is 0.395. The van der Waals surface area contributed by atoms with Gasteiger partial charge in [0.05, 0.1) is 7.11 Å². The molecule has 1 atom stereocenters. The summed E-state index contributed by atoms with van der Waals surface area (Å²) in [6.45, 7) is 0. The van der Waals surface area contributed by atoms with E-state index in [2.05, 4.69) is 5.32 Å². The third-order valence-electron chi connectivity index (χ3n) is 6.90. The molecule has 3 rings (SSSR count). The molecule has 0 aliphatic heterocycles. The summed E-state index contributed by atoms with van der Waals surface area (Å²) < 4.78 is 10.3. The summed E-state index contributed by atoms with van der Waals surface area (Å²) in [7, 11) is 1.33.